The van der Waals surface area contributed by atoms with Crippen molar-refractivity contribution in [3.63, 3.8) is 0 Å². The van der Waals surface area contributed by atoms with E-state index in [0.717, 1.165) is 54.5 Å². The molecule has 2 heterocycles. The van der Waals surface area contributed by atoms with Crippen molar-refractivity contribution in [2.24, 2.45) is 0 Å². The number of fused-ring (bicyclic) bond motifs is 1. The lowest BCUT2D eigenvalue weighted by Crippen LogP contribution is -2.46. The van der Waals surface area contributed by atoms with Crippen LogP contribution in [0.2, 0.25) is 10.0 Å². The summed E-state index contributed by atoms with van der Waals surface area (Å²) in [5, 5.41) is 2.43. The van der Waals surface area contributed by atoms with Gasteiger partial charge in [-0.15, -0.1) is 0 Å². The molecule has 1 aliphatic rings. The van der Waals surface area contributed by atoms with E-state index in [1.165, 1.54) is 5.56 Å². The fourth-order valence-corrected chi connectivity index (χ4v) is 3.64. The molecule has 0 bridgehead atoms. The fraction of sp³-hybridized carbons (Fsp3) is 0.263. The lowest BCUT2D eigenvalue weighted by Gasteiger charge is -2.35. The molecule has 0 aliphatic carbocycles. The first-order chi connectivity index (χ1) is 12.2. The molecule has 0 spiro atoms. The number of anilines is 1. The zero-order valence-corrected chi connectivity index (χ0v) is 15.2. The first kappa shape index (κ1) is 16.6. The quantitative estimate of drug-likeness (QED) is 0.687. The van der Waals surface area contributed by atoms with Gasteiger partial charge in [0, 0.05) is 37.7 Å². The number of hydrogen-bond donors (Lipinski definition) is 0. The Balaban J connectivity index is 1.48. The Morgan fingerprint density at radius 1 is 0.880 bits per heavy atom. The van der Waals surface area contributed by atoms with Crippen molar-refractivity contribution in [2.45, 2.75) is 6.54 Å². The van der Waals surface area contributed by atoms with Gasteiger partial charge in [0.05, 0.1) is 15.9 Å². The normalized spacial score (nSPS) is 15.7. The summed E-state index contributed by atoms with van der Waals surface area (Å²) in [7, 11) is 0. The van der Waals surface area contributed by atoms with Gasteiger partial charge in [-0.1, -0.05) is 41.4 Å². The van der Waals surface area contributed by atoms with Crippen LogP contribution in [0.5, 0.6) is 0 Å². The topological polar surface area (TPSA) is 32.3 Å². The number of aromatic nitrogens is 2. The standard InChI is InChI=1S/C19H18Cl2N4/c20-15-6-4-14(5-7-15)12-24-8-10-25(11-9-24)19-18-16(21)2-1-3-17(18)22-13-23-19/h1-7,13H,8-12H2. The molecule has 1 aliphatic heterocycles. The Kier molecular flexibility index (Phi) is 4.75. The van der Waals surface area contributed by atoms with E-state index in [1.54, 1.807) is 6.33 Å². The highest BCUT2D eigenvalue weighted by atomic mass is 35.5. The summed E-state index contributed by atoms with van der Waals surface area (Å²) in [6.07, 6.45) is 1.62. The minimum absolute atomic E-state index is 0.705. The monoisotopic (exact) mass is 372 g/mol. The van der Waals surface area contributed by atoms with Crippen molar-refractivity contribution in [3.05, 3.63) is 64.4 Å². The Labute approximate surface area is 157 Å². The minimum Gasteiger partial charge on any atom is -0.353 e. The molecule has 0 saturated carbocycles. The summed E-state index contributed by atoms with van der Waals surface area (Å²) in [5.74, 6) is 0.932. The SMILES string of the molecule is Clc1ccc(CN2CCN(c3ncnc4cccc(Cl)c34)CC2)cc1. The average molecular weight is 373 g/mol. The number of hydrogen-bond acceptors (Lipinski definition) is 4. The summed E-state index contributed by atoms with van der Waals surface area (Å²) in [4.78, 5) is 13.6. The second kappa shape index (κ2) is 7.16. The van der Waals surface area contributed by atoms with Gasteiger partial charge < -0.3 is 4.90 Å². The van der Waals surface area contributed by atoms with Crippen LogP contribution in [-0.2, 0) is 6.54 Å². The van der Waals surface area contributed by atoms with Crippen molar-refractivity contribution >= 4 is 39.9 Å². The molecule has 25 heavy (non-hydrogen) atoms. The van der Waals surface area contributed by atoms with Gasteiger partial charge in [0.25, 0.3) is 0 Å². The molecule has 1 saturated heterocycles. The summed E-state index contributed by atoms with van der Waals surface area (Å²) in [6.45, 7) is 4.75. The number of nitrogens with zero attached hydrogens (tertiary/aromatic N) is 4. The number of rotatable bonds is 3. The Bertz CT molecular complexity index is 869. The van der Waals surface area contributed by atoms with Gasteiger partial charge in [0.15, 0.2) is 0 Å². The molecule has 0 atom stereocenters. The lowest BCUT2D eigenvalue weighted by molar-refractivity contribution is 0.249. The van der Waals surface area contributed by atoms with Gasteiger partial charge in [0.2, 0.25) is 0 Å². The van der Waals surface area contributed by atoms with Gasteiger partial charge in [0.1, 0.15) is 12.1 Å². The van der Waals surface area contributed by atoms with E-state index in [1.807, 2.05) is 30.3 Å². The molecular formula is C19H18Cl2N4. The molecule has 3 aromatic rings. The zero-order chi connectivity index (χ0) is 17.2. The van der Waals surface area contributed by atoms with E-state index in [0.29, 0.717) is 5.02 Å². The minimum atomic E-state index is 0.705. The Hall–Kier alpha value is -1.88. The molecule has 0 unspecified atom stereocenters. The number of benzene rings is 2. The highest BCUT2D eigenvalue weighted by Gasteiger charge is 2.21. The Morgan fingerprint density at radius 3 is 2.40 bits per heavy atom. The molecule has 6 heteroatoms. The molecule has 4 rings (SSSR count). The third-order valence-corrected chi connectivity index (χ3v) is 5.15. The first-order valence-corrected chi connectivity index (χ1v) is 9.07. The molecular weight excluding hydrogens is 355 g/mol. The van der Waals surface area contributed by atoms with Crippen molar-refractivity contribution in [1.29, 1.82) is 0 Å². The van der Waals surface area contributed by atoms with E-state index in [9.17, 15) is 0 Å². The van der Waals surface area contributed by atoms with E-state index in [4.69, 9.17) is 23.2 Å². The van der Waals surface area contributed by atoms with Crippen LogP contribution >= 0.6 is 23.2 Å². The van der Waals surface area contributed by atoms with Gasteiger partial charge in [-0.3, -0.25) is 4.90 Å². The van der Waals surface area contributed by atoms with Crippen LogP contribution in [0, 0.1) is 0 Å². The van der Waals surface area contributed by atoms with E-state index < -0.39 is 0 Å². The van der Waals surface area contributed by atoms with Crippen LogP contribution < -0.4 is 4.90 Å². The predicted octanol–water partition coefficient (Wildman–Crippen LogP) is 4.26. The molecule has 1 fully saturated rings. The van der Waals surface area contributed by atoms with Crippen LogP contribution in [0.1, 0.15) is 5.56 Å². The maximum atomic E-state index is 6.40. The second-order valence-corrected chi connectivity index (χ2v) is 7.06. The highest BCUT2D eigenvalue weighted by Crippen LogP contribution is 2.30. The highest BCUT2D eigenvalue weighted by molar-refractivity contribution is 6.36. The van der Waals surface area contributed by atoms with Gasteiger partial charge in [-0.05, 0) is 29.8 Å². The van der Waals surface area contributed by atoms with Gasteiger partial charge >= 0.3 is 0 Å². The fourth-order valence-electron chi connectivity index (χ4n) is 3.26. The van der Waals surface area contributed by atoms with Crippen molar-refractivity contribution < 1.29 is 0 Å². The van der Waals surface area contributed by atoms with Crippen molar-refractivity contribution in [2.75, 3.05) is 31.1 Å². The van der Waals surface area contributed by atoms with Crippen LogP contribution in [0.4, 0.5) is 5.82 Å². The van der Waals surface area contributed by atoms with Crippen LogP contribution in [0.15, 0.2) is 48.8 Å². The van der Waals surface area contributed by atoms with E-state index in [-0.39, 0.29) is 0 Å². The molecule has 0 N–H and O–H groups in total. The van der Waals surface area contributed by atoms with E-state index >= 15 is 0 Å². The van der Waals surface area contributed by atoms with Crippen molar-refractivity contribution in [1.82, 2.24) is 14.9 Å². The largest absolute Gasteiger partial charge is 0.353 e. The number of piperazine rings is 1. The van der Waals surface area contributed by atoms with Crippen LogP contribution in [0.3, 0.4) is 0 Å². The smallest absolute Gasteiger partial charge is 0.141 e. The number of halogens is 2. The summed E-state index contributed by atoms with van der Waals surface area (Å²) < 4.78 is 0. The van der Waals surface area contributed by atoms with Crippen molar-refractivity contribution in [3.8, 4) is 0 Å². The lowest BCUT2D eigenvalue weighted by atomic mass is 10.2. The predicted molar refractivity (Wildman–Crippen MR) is 103 cm³/mol. The molecule has 2 aromatic carbocycles. The summed E-state index contributed by atoms with van der Waals surface area (Å²) in [6, 6.07) is 13.9. The van der Waals surface area contributed by atoms with E-state index in [2.05, 4.69) is 31.9 Å². The third-order valence-electron chi connectivity index (χ3n) is 4.58. The maximum Gasteiger partial charge on any atom is 0.141 e. The van der Waals surface area contributed by atoms with Crippen LogP contribution in [-0.4, -0.2) is 41.0 Å². The first-order valence-electron chi connectivity index (χ1n) is 8.32. The zero-order valence-electron chi connectivity index (χ0n) is 13.7. The molecule has 1 aromatic heterocycles. The van der Waals surface area contributed by atoms with Crippen LogP contribution in [0.25, 0.3) is 10.9 Å². The van der Waals surface area contributed by atoms with Gasteiger partial charge in [-0.25, -0.2) is 9.97 Å². The third kappa shape index (κ3) is 3.56. The van der Waals surface area contributed by atoms with Gasteiger partial charge in [-0.2, -0.15) is 0 Å². The molecule has 4 nitrogen and oxygen atoms in total. The Morgan fingerprint density at radius 2 is 1.64 bits per heavy atom. The second-order valence-electron chi connectivity index (χ2n) is 6.22. The average Bonchev–Trinajstić information content (AvgIpc) is 2.64. The molecule has 128 valence electrons. The maximum absolute atomic E-state index is 6.40. The molecule has 0 radical (unpaired) electrons. The summed E-state index contributed by atoms with van der Waals surface area (Å²) >= 11 is 12.4. The molecule has 0 amide bonds. The summed E-state index contributed by atoms with van der Waals surface area (Å²) in [5.41, 5.74) is 2.18.